The maximum absolute atomic E-state index is 12.5. The fourth-order valence-electron chi connectivity index (χ4n) is 2.97. The second kappa shape index (κ2) is 8.38. The number of piperidine rings is 1. The largest absolute Gasteiger partial charge is 0.493 e. The van der Waals surface area contributed by atoms with E-state index in [2.05, 4.69) is 5.32 Å². The summed E-state index contributed by atoms with van der Waals surface area (Å²) in [6.07, 6.45) is 1.46. The topological polar surface area (TPSA) is 67.9 Å². The van der Waals surface area contributed by atoms with Crippen LogP contribution in [0.5, 0.6) is 11.5 Å². The molecule has 3 rings (SSSR count). The Morgan fingerprint density at radius 2 is 1.73 bits per heavy atom. The van der Waals surface area contributed by atoms with Gasteiger partial charge in [-0.3, -0.25) is 4.79 Å². The molecular formula is C20H22N2O4. The summed E-state index contributed by atoms with van der Waals surface area (Å²) >= 11 is 0. The molecule has 2 aromatic carbocycles. The number of hydrogen-bond acceptors (Lipinski definition) is 4. The number of nitrogens with one attached hydrogen (secondary N) is 1. The van der Waals surface area contributed by atoms with Crippen molar-refractivity contribution in [1.82, 2.24) is 4.90 Å². The quantitative estimate of drug-likeness (QED) is 0.673. The van der Waals surface area contributed by atoms with Crippen LogP contribution in [0.25, 0.3) is 0 Å². The number of carbonyl (C=O) groups excluding carboxylic acids is 2. The molecule has 0 spiro atoms. The van der Waals surface area contributed by atoms with Gasteiger partial charge in [-0.15, -0.1) is 0 Å². The Bertz CT molecular complexity index is 763. The summed E-state index contributed by atoms with van der Waals surface area (Å²) in [5.74, 6) is 0.211. The molecule has 6 heteroatoms. The molecule has 0 radical (unpaired) electrons. The van der Waals surface area contributed by atoms with Crippen LogP contribution in [0.15, 0.2) is 54.6 Å². The molecule has 1 aliphatic rings. The Kier molecular flexibility index (Phi) is 5.73. The van der Waals surface area contributed by atoms with Gasteiger partial charge in [-0.05, 0) is 37.1 Å². The average molecular weight is 354 g/mol. The number of amides is 2. The number of rotatable bonds is 4. The Morgan fingerprint density at radius 1 is 1.04 bits per heavy atom. The van der Waals surface area contributed by atoms with Crippen molar-refractivity contribution in [2.24, 2.45) is 5.92 Å². The SMILES string of the molecule is COc1ccccc1OC(=O)C1CCCN(C(=O)Nc2ccccc2)C1. The van der Waals surface area contributed by atoms with Gasteiger partial charge >= 0.3 is 12.0 Å². The molecule has 2 aromatic rings. The van der Waals surface area contributed by atoms with E-state index in [1.165, 1.54) is 7.11 Å². The van der Waals surface area contributed by atoms with Crippen LogP contribution >= 0.6 is 0 Å². The van der Waals surface area contributed by atoms with Crippen LogP contribution in [0, 0.1) is 5.92 Å². The van der Waals surface area contributed by atoms with E-state index in [0.717, 1.165) is 12.1 Å². The second-order valence-electron chi connectivity index (χ2n) is 6.15. The molecule has 1 N–H and O–H groups in total. The summed E-state index contributed by atoms with van der Waals surface area (Å²) in [7, 11) is 1.53. The number of benzene rings is 2. The van der Waals surface area contributed by atoms with Gasteiger partial charge in [0.1, 0.15) is 0 Å². The summed E-state index contributed by atoms with van der Waals surface area (Å²) in [6.45, 7) is 0.962. The molecular weight excluding hydrogens is 332 g/mol. The molecule has 1 atom stereocenters. The van der Waals surface area contributed by atoms with E-state index in [4.69, 9.17) is 9.47 Å². The third kappa shape index (κ3) is 4.33. The number of urea groups is 1. The van der Waals surface area contributed by atoms with Gasteiger partial charge in [0.25, 0.3) is 0 Å². The minimum atomic E-state index is -0.352. The maximum Gasteiger partial charge on any atom is 0.321 e. The molecule has 1 heterocycles. The maximum atomic E-state index is 12.5. The van der Waals surface area contributed by atoms with E-state index >= 15 is 0 Å². The lowest BCUT2D eigenvalue weighted by atomic mass is 9.98. The fourth-order valence-corrected chi connectivity index (χ4v) is 2.97. The summed E-state index contributed by atoms with van der Waals surface area (Å²) < 4.78 is 10.7. The molecule has 26 heavy (non-hydrogen) atoms. The number of likely N-dealkylation sites (tertiary alicyclic amines) is 1. The van der Waals surface area contributed by atoms with Gasteiger partial charge < -0.3 is 19.7 Å². The number of para-hydroxylation sites is 3. The van der Waals surface area contributed by atoms with Crippen molar-refractivity contribution in [1.29, 1.82) is 0 Å². The van der Waals surface area contributed by atoms with Gasteiger partial charge in [0, 0.05) is 18.8 Å². The van der Waals surface area contributed by atoms with Gasteiger partial charge in [0.2, 0.25) is 0 Å². The number of ether oxygens (including phenoxy) is 2. The van der Waals surface area contributed by atoms with Crippen molar-refractivity contribution in [2.45, 2.75) is 12.8 Å². The van der Waals surface area contributed by atoms with E-state index in [-0.39, 0.29) is 17.9 Å². The predicted octanol–water partition coefficient (Wildman–Crippen LogP) is 3.54. The highest BCUT2D eigenvalue weighted by Gasteiger charge is 2.30. The van der Waals surface area contributed by atoms with E-state index in [1.807, 2.05) is 36.4 Å². The van der Waals surface area contributed by atoms with Crippen LogP contribution < -0.4 is 14.8 Å². The molecule has 1 fully saturated rings. The van der Waals surface area contributed by atoms with Crippen LogP contribution in [0.3, 0.4) is 0 Å². The minimum absolute atomic E-state index is 0.203. The fraction of sp³-hybridized carbons (Fsp3) is 0.300. The lowest BCUT2D eigenvalue weighted by molar-refractivity contribution is -0.140. The van der Waals surface area contributed by atoms with Gasteiger partial charge in [0.05, 0.1) is 13.0 Å². The zero-order chi connectivity index (χ0) is 18.4. The summed E-state index contributed by atoms with van der Waals surface area (Å²) in [6, 6.07) is 16.1. The first-order chi connectivity index (χ1) is 12.7. The van der Waals surface area contributed by atoms with Crippen molar-refractivity contribution >= 4 is 17.7 Å². The van der Waals surface area contributed by atoms with Crippen molar-refractivity contribution in [2.75, 3.05) is 25.5 Å². The first kappa shape index (κ1) is 17.8. The molecule has 0 saturated carbocycles. The Labute approximate surface area is 152 Å². The van der Waals surface area contributed by atoms with Gasteiger partial charge in [0.15, 0.2) is 11.5 Å². The number of nitrogens with zero attached hydrogens (tertiary/aromatic N) is 1. The van der Waals surface area contributed by atoms with Gasteiger partial charge in [-0.2, -0.15) is 0 Å². The number of methoxy groups -OCH3 is 1. The first-order valence-corrected chi connectivity index (χ1v) is 8.63. The Morgan fingerprint density at radius 3 is 2.46 bits per heavy atom. The van der Waals surface area contributed by atoms with E-state index in [1.54, 1.807) is 23.1 Å². The zero-order valence-corrected chi connectivity index (χ0v) is 14.7. The van der Waals surface area contributed by atoms with E-state index in [0.29, 0.717) is 31.0 Å². The standard InChI is InChI=1S/C20H22N2O4/c1-25-17-11-5-6-12-18(17)26-19(23)15-8-7-13-22(14-15)20(24)21-16-9-3-2-4-10-16/h2-6,9-12,15H,7-8,13-14H2,1H3,(H,21,24). The molecule has 0 aromatic heterocycles. The van der Waals surface area contributed by atoms with Crippen LogP contribution in [0.4, 0.5) is 10.5 Å². The molecule has 2 amide bonds. The molecule has 1 aliphatic heterocycles. The van der Waals surface area contributed by atoms with Crippen molar-refractivity contribution in [3.8, 4) is 11.5 Å². The van der Waals surface area contributed by atoms with E-state index < -0.39 is 0 Å². The molecule has 136 valence electrons. The lowest BCUT2D eigenvalue weighted by Gasteiger charge is -2.31. The number of carbonyl (C=O) groups is 2. The highest BCUT2D eigenvalue weighted by molar-refractivity contribution is 5.89. The predicted molar refractivity (Wildman–Crippen MR) is 98.4 cm³/mol. The highest BCUT2D eigenvalue weighted by atomic mass is 16.6. The average Bonchev–Trinajstić information content (AvgIpc) is 2.69. The number of esters is 1. The Hall–Kier alpha value is -3.02. The van der Waals surface area contributed by atoms with Crippen molar-refractivity contribution in [3.63, 3.8) is 0 Å². The van der Waals surface area contributed by atoms with Crippen LogP contribution in [-0.2, 0) is 4.79 Å². The Balaban J connectivity index is 1.60. The molecule has 0 aliphatic carbocycles. The number of hydrogen-bond donors (Lipinski definition) is 1. The van der Waals surface area contributed by atoms with Crippen molar-refractivity contribution in [3.05, 3.63) is 54.6 Å². The van der Waals surface area contributed by atoms with E-state index in [9.17, 15) is 9.59 Å². The summed E-state index contributed by atoms with van der Waals surface area (Å²) in [4.78, 5) is 26.6. The summed E-state index contributed by atoms with van der Waals surface area (Å²) in [5, 5.41) is 2.85. The smallest absolute Gasteiger partial charge is 0.321 e. The molecule has 6 nitrogen and oxygen atoms in total. The third-order valence-corrected chi connectivity index (χ3v) is 4.35. The van der Waals surface area contributed by atoms with Gasteiger partial charge in [-0.1, -0.05) is 30.3 Å². The molecule has 0 bridgehead atoms. The zero-order valence-electron chi connectivity index (χ0n) is 14.7. The number of anilines is 1. The molecule has 1 saturated heterocycles. The monoisotopic (exact) mass is 354 g/mol. The van der Waals surface area contributed by atoms with Crippen molar-refractivity contribution < 1.29 is 19.1 Å². The van der Waals surface area contributed by atoms with Crippen LogP contribution in [0.1, 0.15) is 12.8 Å². The highest BCUT2D eigenvalue weighted by Crippen LogP contribution is 2.28. The van der Waals surface area contributed by atoms with Crippen LogP contribution in [0.2, 0.25) is 0 Å². The lowest BCUT2D eigenvalue weighted by Crippen LogP contribution is -2.45. The summed E-state index contributed by atoms with van der Waals surface area (Å²) in [5.41, 5.74) is 0.733. The minimum Gasteiger partial charge on any atom is -0.493 e. The molecule has 1 unspecified atom stereocenters. The first-order valence-electron chi connectivity index (χ1n) is 8.63. The van der Waals surface area contributed by atoms with Crippen LogP contribution in [-0.4, -0.2) is 37.1 Å². The third-order valence-electron chi connectivity index (χ3n) is 4.35. The van der Waals surface area contributed by atoms with Gasteiger partial charge in [-0.25, -0.2) is 4.79 Å². The second-order valence-corrected chi connectivity index (χ2v) is 6.15. The normalized spacial score (nSPS) is 16.7.